The van der Waals surface area contributed by atoms with Crippen molar-refractivity contribution in [2.75, 3.05) is 24.8 Å². The highest BCUT2D eigenvalue weighted by atomic mass is 32.2. The second-order valence-electron chi connectivity index (χ2n) is 5.76. The number of hydrogen-bond acceptors (Lipinski definition) is 5. The molecule has 7 heteroatoms. The Bertz CT molecular complexity index is 939. The number of aryl methyl sites for hydroxylation is 1. The van der Waals surface area contributed by atoms with Gasteiger partial charge in [0.05, 0.1) is 36.2 Å². The molecule has 0 saturated heterocycles. The molecule has 142 valence electrons. The van der Waals surface area contributed by atoms with Crippen LogP contribution in [0.2, 0.25) is 0 Å². The number of hydrogen-bond donors (Lipinski definition) is 1. The molecule has 6 nitrogen and oxygen atoms in total. The average Bonchev–Trinajstić information content (AvgIpc) is 3.05. The molecule has 0 aliphatic heterocycles. The third-order valence-electron chi connectivity index (χ3n) is 4.03. The van der Waals surface area contributed by atoms with Crippen LogP contribution in [0.5, 0.6) is 11.5 Å². The number of methoxy groups -OCH3 is 1. The van der Waals surface area contributed by atoms with Crippen molar-refractivity contribution in [1.29, 1.82) is 0 Å². The third kappa shape index (κ3) is 4.36. The van der Waals surface area contributed by atoms with E-state index in [1.165, 1.54) is 11.8 Å². The highest BCUT2D eigenvalue weighted by Crippen LogP contribution is 2.30. The first kappa shape index (κ1) is 19.1. The Kier molecular flexibility index (Phi) is 6.24. The van der Waals surface area contributed by atoms with Crippen molar-refractivity contribution in [3.63, 3.8) is 0 Å². The quantitative estimate of drug-likeness (QED) is 0.589. The minimum Gasteiger partial charge on any atom is -0.497 e. The Hall–Kier alpha value is -2.67. The van der Waals surface area contributed by atoms with Crippen molar-refractivity contribution in [1.82, 2.24) is 9.55 Å². The number of thioether (sulfide) groups is 1. The van der Waals surface area contributed by atoms with Gasteiger partial charge in [-0.3, -0.25) is 4.79 Å². The zero-order valence-electron chi connectivity index (χ0n) is 15.7. The number of amides is 1. The van der Waals surface area contributed by atoms with Crippen LogP contribution in [0.4, 0.5) is 5.69 Å². The number of imidazole rings is 1. The number of ether oxygens (including phenoxy) is 2. The van der Waals surface area contributed by atoms with E-state index in [-0.39, 0.29) is 11.7 Å². The van der Waals surface area contributed by atoms with Crippen LogP contribution in [-0.4, -0.2) is 34.9 Å². The van der Waals surface area contributed by atoms with Gasteiger partial charge in [-0.15, -0.1) is 0 Å². The van der Waals surface area contributed by atoms with Crippen molar-refractivity contribution in [3.05, 3.63) is 42.5 Å². The van der Waals surface area contributed by atoms with E-state index in [2.05, 4.69) is 21.8 Å². The Morgan fingerprint density at radius 2 is 2.04 bits per heavy atom. The van der Waals surface area contributed by atoms with Crippen LogP contribution in [-0.2, 0) is 11.3 Å². The van der Waals surface area contributed by atoms with E-state index in [4.69, 9.17) is 9.47 Å². The number of carbonyl (C=O) groups is 1. The summed E-state index contributed by atoms with van der Waals surface area (Å²) in [6.07, 6.45) is 0. The lowest BCUT2D eigenvalue weighted by Gasteiger charge is -2.13. The maximum atomic E-state index is 12.5. The number of anilines is 1. The summed E-state index contributed by atoms with van der Waals surface area (Å²) in [4.78, 5) is 17.1. The number of fused-ring (bicyclic) bond motifs is 1. The predicted octanol–water partition coefficient (Wildman–Crippen LogP) is 4.19. The van der Waals surface area contributed by atoms with Crippen LogP contribution < -0.4 is 14.8 Å². The second-order valence-corrected chi connectivity index (χ2v) is 6.70. The van der Waals surface area contributed by atoms with Crippen molar-refractivity contribution < 1.29 is 14.3 Å². The summed E-state index contributed by atoms with van der Waals surface area (Å²) in [5, 5.41) is 3.75. The summed E-state index contributed by atoms with van der Waals surface area (Å²) in [7, 11) is 1.59. The molecular formula is C20H23N3O3S. The molecule has 0 radical (unpaired) electrons. The summed E-state index contributed by atoms with van der Waals surface area (Å²) < 4.78 is 12.9. The first-order valence-electron chi connectivity index (χ1n) is 8.85. The lowest BCUT2D eigenvalue weighted by Crippen LogP contribution is -2.15. The summed E-state index contributed by atoms with van der Waals surface area (Å²) in [6.45, 7) is 5.29. The van der Waals surface area contributed by atoms with Crippen LogP contribution in [0.3, 0.4) is 0 Å². The van der Waals surface area contributed by atoms with Gasteiger partial charge in [0, 0.05) is 12.6 Å². The summed E-state index contributed by atoms with van der Waals surface area (Å²) in [5.41, 5.74) is 2.62. The Morgan fingerprint density at radius 3 is 2.78 bits per heavy atom. The van der Waals surface area contributed by atoms with Crippen molar-refractivity contribution in [3.8, 4) is 11.5 Å². The molecule has 1 heterocycles. The lowest BCUT2D eigenvalue weighted by molar-refractivity contribution is -0.113. The maximum Gasteiger partial charge on any atom is 0.234 e. The van der Waals surface area contributed by atoms with Gasteiger partial charge in [0.15, 0.2) is 5.16 Å². The molecule has 1 amide bonds. The molecule has 3 rings (SSSR count). The van der Waals surface area contributed by atoms with Gasteiger partial charge >= 0.3 is 0 Å². The molecule has 27 heavy (non-hydrogen) atoms. The second kappa shape index (κ2) is 8.81. The zero-order chi connectivity index (χ0) is 19.2. The third-order valence-corrected chi connectivity index (χ3v) is 5.01. The fraction of sp³-hybridized carbons (Fsp3) is 0.300. The molecule has 0 saturated carbocycles. The van der Waals surface area contributed by atoms with E-state index in [1.54, 1.807) is 25.3 Å². The minimum absolute atomic E-state index is 0.121. The van der Waals surface area contributed by atoms with Crippen LogP contribution in [0, 0.1) is 0 Å². The van der Waals surface area contributed by atoms with Crippen molar-refractivity contribution in [2.24, 2.45) is 0 Å². The largest absolute Gasteiger partial charge is 0.497 e. The van der Waals surface area contributed by atoms with Gasteiger partial charge in [-0.25, -0.2) is 4.98 Å². The molecule has 1 N–H and O–H groups in total. The van der Waals surface area contributed by atoms with Gasteiger partial charge in [-0.2, -0.15) is 0 Å². The molecular weight excluding hydrogens is 362 g/mol. The monoisotopic (exact) mass is 385 g/mol. The summed E-state index contributed by atoms with van der Waals surface area (Å²) >= 11 is 1.42. The first-order chi connectivity index (χ1) is 13.2. The Morgan fingerprint density at radius 1 is 1.22 bits per heavy atom. The molecule has 0 unspecified atom stereocenters. The van der Waals surface area contributed by atoms with E-state index >= 15 is 0 Å². The smallest absolute Gasteiger partial charge is 0.234 e. The molecule has 0 aliphatic rings. The fourth-order valence-corrected chi connectivity index (χ4v) is 3.68. The molecule has 0 aliphatic carbocycles. The minimum atomic E-state index is -0.121. The molecule has 0 atom stereocenters. The number of nitrogens with one attached hydrogen (secondary N) is 1. The van der Waals surface area contributed by atoms with Gasteiger partial charge in [-0.1, -0.05) is 23.9 Å². The maximum absolute atomic E-state index is 12.5. The van der Waals surface area contributed by atoms with E-state index in [9.17, 15) is 4.79 Å². The van der Waals surface area contributed by atoms with E-state index in [0.717, 1.165) is 22.7 Å². The van der Waals surface area contributed by atoms with Gasteiger partial charge < -0.3 is 19.4 Å². The number of nitrogens with zero attached hydrogens (tertiary/aromatic N) is 2. The fourth-order valence-electron chi connectivity index (χ4n) is 2.80. The highest BCUT2D eigenvalue weighted by molar-refractivity contribution is 7.99. The van der Waals surface area contributed by atoms with E-state index in [1.807, 2.05) is 31.2 Å². The molecule has 3 aromatic rings. The van der Waals surface area contributed by atoms with Crippen LogP contribution in [0.25, 0.3) is 11.0 Å². The van der Waals surface area contributed by atoms with E-state index in [0.29, 0.717) is 23.8 Å². The number of rotatable bonds is 8. The normalized spacial score (nSPS) is 10.8. The number of benzene rings is 2. The van der Waals surface area contributed by atoms with Gasteiger partial charge in [0.1, 0.15) is 11.5 Å². The van der Waals surface area contributed by atoms with Crippen LogP contribution in [0.15, 0.2) is 47.6 Å². The Labute approximate surface area is 162 Å². The van der Waals surface area contributed by atoms with Crippen molar-refractivity contribution in [2.45, 2.75) is 25.5 Å². The van der Waals surface area contributed by atoms with Gasteiger partial charge in [0.25, 0.3) is 0 Å². The molecule has 0 fully saturated rings. The topological polar surface area (TPSA) is 65.4 Å². The molecule has 0 bridgehead atoms. The first-order valence-corrected chi connectivity index (χ1v) is 9.83. The Balaban J connectivity index is 1.72. The number of para-hydroxylation sites is 2. The molecule has 1 aromatic heterocycles. The average molecular weight is 385 g/mol. The zero-order valence-corrected chi connectivity index (χ0v) is 16.5. The molecule has 0 spiro atoms. The summed E-state index contributed by atoms with van der Waals surface area (Å²) in [5.74, 6) is 1.42. The van der Waals surface area contributed by atoms with Crippen molar-refractivity contribution >= 4 is 34.4 Å². The van der Waals surface area contributed by atoms with Gasteiger partial charge in [0.2, 0.25) is 5.91 Å². The lowest BCUT2D eigenvalue weighted by atomic mass is 10.2. The van der Waals surface area contributed by atoms with Crippen LogP contribution >= 0.6 is 11.8 Å². The van der Waals surface area contributed by atoms with Gasteiger partial charge in [-0.05, 0) is 38.1 Å². The number of aromatic nitrogens is 2. The summed E-state index contributed by atoms with van der Waals surface area (Å²) in [6, 6.07) is 13.3. The van der Waals surface area contributed by atoms with E-state index < -0.39 is 0 Å². The number of carbonyl (C=O) groups excluding carboxylic acids is 1. The van der Waals surface area contributed by atoms with Crippen LogP contribution in [0.1, 0.15) is 13.8 Å². The molecule has 2 aromatic carbocycles. The standard InChI is InChI=1S/C20H23N3O3S/c1-4-23-17-9-7-6-8-15(17)22-20(23)27-13-19(24)21-16-12-14(25-3)10-11-18(16)26-5-2/h6-12H,4-5,13H2,1-3H3,(H,21,24). The predicted molar refractivity (Wildman–Crippen MR) is 109 cm³/mol. The highest BCUT2D eigenvalue weighted by Gasteiger charge is 2.14. The SMILES string of the molecule is CCOc1ccc(OC)cc1NC(=O)CSc1nc2ccccc2n1CC.